The van der Waals surface area contributed by atoms with Gasteiger partial charge >= 0.3 is 0 Å². The number of aryl methyl sites for hydroxylation is 1. The second-order valence-corrected chi connectivity index (χ2v) is 8.08. The zero-order chi connectivity index (χ0) is 21.4. The molecule has 6 nitrogen and oxygen atoms in total. The number of halogens is 3. The third kappa shape index (κ3) is 3.78. The zero-order valence-corrected chi connectivity index (χ0v) is 18.4. The van der Waals surface area contributed by atoms with Crippen LogP contribution in [0.15, 0.2) is 45.5 Å². The molecule has 0 saturated carbocycles. The van der Waals surface area contributed by atoms with Crippen LogP contribution in [0.5, 0.6) is 11.5 Å². The number of rotatable bonds is 4. The van der Waals surface area contributed by atoms with Crippen molar-refractivity contribution in [2.24, 2.45) is 5.10 Å². The van der Waals surface area contributed by atoms with Gasteiger partial charge in [0.25, 0.3) is 0 Å². The first-order valence-electron chi connectivity index (χ1n) is 8.69. The summed E-state index contributed by atoms with van der Waals surface area (Å²) in [6, 6.07) is 8.15. The van der Waals surface area contributed by atoms with Crippen molar-refractivity contribution in [1.29, 1.82) is 0 Å². The highest BCUT2D eigenvalue weighted by Gasteiger charge is 2.25. The number of allylic oxidation sites excluding steroid dienone is 1. The molecule has 0 bridgehead atoms. The van der Waals surface area contributed by atoms with Crippen molar-refractivity contribution >= 4 is 46.8 Å². The maximum Gasteiger partial charge on any atom is 0.216 e. The topological polar surface area (TPSA) is 61.5 Å². The summed E-state index contributed by atoms with van der Waals surface area (Å²) in [7, 11) is 3.14. The molecule has 0 N–H and O–H groups in total. The predicted molar refractivity (Wildman–Crippen MR) is 116 cm³/mol. The third-order valence-corrected chi connectivity index (χ3v) is 5.94. The second-order valence-electron chi connectivity index (χ2n) is 6.26. The first-order valence-corrected chi connectivity index (χ1v) is 10.3. The van der Waals surface area contributed by atoms with E-state index in [-0.39, 0.29) is 10.0 Å². The number of ether oxygens (including phenoxy) is 2. The van der Waals surface area contributed by atoms with Crippen LogP contribution in [0.3, 0.4) is 0 Å². The van der Waals surface area contributed by atoms with Crippen LogP contribution < -0.4 is 9.47 Å². The number of thioether (sulfide) groups is 1. The number of methoxy groups -OCH3 is 2. The van der Waals surface area contributed by atoms with E-state index in [2.05, 4.69) is 15.3 Å². The van der Waals surface area contributed by atoms with E-state index < -0.39 is 5.82 Å². The Bertz CT molecular complexity index is 1210. The molecule has 0 aliphatic carbocycles. The molecule has 0 fully saturated rings. The van der Waals surface area contributed by atoms with Crippen LogP contribution in [0.1, 0.15) is 17.0 Å². The molecule has 2 heterocycles. The van der Waals surface area contributed by atoms with E-state index in [4.69, 9.17) is 32.7 Å². The minimum atomic E-state index is -0.583. The lowest BCUT2D eigenvalue weighted by molar-refractivity contribution is 0.355. The Labute approximate surface area is 186 Å². The Morgan fingerprint density at radius 3 is 2.53 bits per heavy atom. The van der Waals surface area contributed by atoms with Gasteiger partial charge in [0, 0.05) is 10.5 Å². The highest BCUT2D eigenvalue weighted by atomic mass is 35.5. The standard InChI is InChI=1S/C20H15Cl2FN4O2S/c1-10-24-25-20-27(10)26-19(12-8-15(23)14(22)9-13(12)21)18(30-20)7-11-4-5-16(28-2)17(6-11)29-3/h4-9H,1-3H3. The van der Waals surface area contributed by atoms with Gasteiger partial charge < -0.3 is 9.47 Å². The van der Waals surface area contributed by atoms with Gasteiger partial charge in [0.2, 0.25) is 5.16 Å². The third-order valence-electron chi connectivity index (χ3n) is 4.37. The van der Waals surface area contributed by atoms with E-state index in [0.717, 1.165) is 5.56 Å². The number of benzene rings is 2. The number of nitrogens with zero attached hydrogens (tertiary/aromatic N) is 4. The summed E-state index contributed by atoms with van der Waals surface area (Å²) in [5.74, 6) is 1.22. The van der Waals surface area contributed by atoms with Crippen molar-refractivity contribution in [2.45, 2.75) is 12.1 Å². The van der Waals surface area contributed by atoms with Gasteiger partial charge in [-0.15, -0.1) is 10.2 Å². The molecule has 1 aliphatic rings. The fourth-order valence-electron chi connectivity index (χ4n) is 2.90. The van der Waals surface area contributed by atoms with Crippen molar-refractivity contribution in [3.8, 4) is 11.5 Å². The molecule has 2 aromatic carbocycles. The van der Waals surface area contributed by atoms with Gasteiger partial charge in [-0.05, 0) is 54.6 Å². The van der Waals surface area contributed by atoms with Crippen molar-refractivity contribution in [3.05, 3.63) is 68.1 Å². The summed E-state index contributed by atoms with van der Waals surface area (Å²) in [5, 5.41) is 13.7. The highest BCUT2D eigenvalue weighted by molar-refractivity contribution is 8.04. The van der Waals surface area contributed by atoms with E-state index in [1.54, 1.807) is 31.9 Å². The first kappa shape index (κ1) is 20.7. The van der Waals surface area contributed by atoms with E-state index in [9.17, 15) is 4.39 Å². The van der Waals surface area contributed by atoms with Crippen LogP contribution in [0.2, 0.25) is 10.0 Å². The highest BCUT2D eigenvalue weighted by Crippen LogP contribution is 2.38. The van der Waals surface area contributed by atoms with Gasteiger partial charge in [-0.3, -0.25) is 0 Å². The van der Waals surface area contributed by atoms with Crippen molar-refractivity contribution in [3.63, 3.8) is 0 Å². The van der Waals surface area contributed by atoms with Crippen LogP contribution in [0, 0.1) is 12.7 Å². The summed E-state index contributed by atoms with van der Waals surface area (Å²) in [4.78, 5) is 0.714. The zero-order valence-electron chi connectivity index (χ0n) is 16.1. The molecule has 0 unspecified atom stereocenters. The van der Waals surface area contributed by atoms with Crippen LogP contribution in [-0.4, -0.2) is 34.8 Å². The smallest absolute Gasteiger partial charge is 0.216 e. The minimum absolute atomic E-state index is 0.0561. The molecule has 0 radical (unpaired) electrons. The second kappa shape index (κ2) is 8.29. The van der Waals surface area contributed by atoms with Gasteiger partial charge in [-0.25, -0.2) is 4.39 Å². The Morgan fingerprint density at radius 2 is 1.80 bits per heavy atom. The Kier molecular flexibility index (Phi) is 5.73. The minimum Gasteiger partial charge on any atom is -0.493 e. The van der Waals surface area contributed by atoms with Crippen molar-refractivity contribution in [2.75, 3.05) is 14.2 Å². The molecule has 0 spiro atoms. The first-order chi connectivity index (χ1) is 14.4. The van der Waals surface area contributed by atoms with E-state index in [1.165, 1.54) is 23.9 Å². The summed E-state index contributed by atoms with van der Waals surface area (Å²) in [5.41, 5.74) is 1.72. The van der Waals surface area contributed by atoms with Crippen molar-refractivity contribution in [1.82, 2.24) is 14.9 Å². The molecule has 4 rings (SSSR count). The maximum absolute atomic E-state index is 14.2. The normalized spacial score (nSPS) is 14.5. The molecular weight excluding hydrogens is 450 g/mol. The van der Waals surface area contributed by atoms with Crippen molar-refractivity contribution < 1.29 is 13.9 Å². The fraction of sp³-hybridized carbons (Fsp3) is 0.150. The van der Waals surface area contributed by atoms with Crippen LogP contribution >= 0.6 is 35.0 Å². The lowest BCUT2D eigenvalue weighted by atomic mass is 10.1. The Balaban J connectivity index is 1.88. The molecule has 10 heteroatoms. The molecule has 1 aromatic heterocycles. The molecule has 0 saturated heterocycles. The van der Waals surface area contributed by atoms with Crippen LogP contribution in [0.25, 0.3) is 6.08 Å². The van der Waals surface area contributed by atoms with Gasteiger partial charge in [0.1, 0.15) is 11.5 Å². The lowest BCUT2D eigenvalue weighted by Crippen LogP contribution is -2.13. The summed E-state index contributed by atoms with van der Waals surface area (Å²) in [6.07, 6.45) is 1.89. The van der Waals surface area contributed by atoms with E-state index in [1.807, 2.05) is 18.2 Å². The largest absolute Gasteiger partial charge is 0.493 e. The molecule has 154 valence electrons. The monoisotopic (exact) mass is 464 g/mol. The average molecular weight is 465 g/mol. The maximum atomic E-state index is 14.2. The van der Waals surface area contributed by atoms with Gasteiger partial charge in [0.15, 0.2) is 17.3 Å². The molecule has 30 heavy (non-hydrogen) atoms. The predicted octanol–water partition coefficient (Wildman–Crippen LogP) is 5.45. The summed E-state index contributed by atoms with van der Waals surface area (Å²) < 4.78 is 26.5. The molecule has 3 aromatic rings. The molecular formula is C20H15Cl2FN4O2S. The number of hydrogen-bond acceptors (Lipinski definition) is 6. The Hall–Kier alpha value is -2.55. The average Bonchev–Trinajstić information content (AvgIpc) is 3.10. The number of aromatic nitrogens is 3. The molecule has 0 atom stereocenters. The number of fused-ring (bicyclic) bond motifs is 1. The SMILES string of the molecule is COc1ccc(C=C2Sc3nnc(C)n3N=C2c2cc(F)c(Cl)cc2Cl)cc1OC. The van der Waals surface area contributed by atoms with Crippen LogP contribution in [-0.2, 0) is 0 Å². The lowest BCUT2D eigenvalue weighted by Gasteiger charge is -2.18. The van der Waals surface area contributed by atoms with Crippen LogP contribution in [0.4, 0.5) is 4.39 Å². The molecule has 0 amide bonds. The fourth-order valence-corrected chi connectivity index (χ4v) is 4.35. The van der Waals surface area contributed by atoms with Gasteiger partial charge in [-0.1, -0.05) is 29.3 Å². The quantitative estimate of drug-likeness (QED) is 0.480. The van der Waals surface area contributed by atoms with E-state index in [0.29, 0.717) is 38.7 Å². The van der Waals surface area contributed by atoms with E-state index >= 15 is 0 Å². The molecule has 1 aliphatic heterocycles. The van der Waals surface area contributed by atoms with Gasteiger partial charge in [-0.2, -0.15) is 9.78 Å². The number of hydrogen-bond donors (Lipinski definition) is 0. The summed E-state index contributed by atoms with van der Waals surface area (Å²) >= 11 is 13.6. The summed E-state index contributed by atoms with van der Waals surface area (Å²) in [6.45, 7) is 1.78. The van der Waals surface area contributed by atoms with Gasteiger partial charge in [0.05, 0.1) is 24.3 Å². The Morgan fingerprint density at radius 1 is 1.03 bits per heavy atom.